The third-order valence-electron chi connectivity index (χ3n) is 4.20. The second-order valence-corrected chi connectivity index (χ2v) is 6.34. The molecule has 1 fully saturated rings. The highest BCUT2D eigenvalue weighted by Gasteiger charge is 2.35. The van der Waals surface area contributed by atoms with Gasteiger partial charge in [0, 0.05) is 11.6 Å². The van der Waals surface area contributed by atoms with Gasteiger partial charge in [0.1, 0.15) is 11.5 Å². The number of rotatable bonds is 8. The predicted octanol–water partition coefficient (Wildman–Crippen LogP) is 0.931. The first-order valence-corrected chi connectivity index (χ1v) is 8.91. The van der Waals surface area contributed by atoms with Crippen molar-refractivity contribution in [3.8, 4) is 5.75 Å². The van der Waals surface area contributed by atoms with Crippen LogP contribution in [0.5, 0.6) is 5.75 Å². The van der Waals surface area contributed by atoms with E-state index in [4.69, 9.17) is 14.9 Å². The molecule has 0 spiro atoms. The maximum Gasteiger partial charge on any atom is 0.373 e. The summed E-state index contributed by atoms with van der Waals surface area (Å²) in [5.74, 6) is -2.57. The molecule has 0 bridgehead atoms. The summed E-state index contributed by atoms with van der Waals surface area (Å²) >= 11 is 0. The molecule has 166 valence electrons. The number of carbonyl (C=O) groups is 4. The number of nitro benzene ring substituents is 1. The number of nitrogens with zero attached hydrogens (tertiary/aromatic N) is 2. The fraction of sp³-hybridized carbons (Fsp3) is 0.158. The smallest absolute Gasteiger partial charge is 0.373 e. The van der Waals surface area contributed by atoms with E-state index in [2.05, 4.69) is 10.1 Å². The SMILES string of the molecule is COC(=O)c1ccc(CN2C(=O)N/C(=C\c3cccc([N+](=O)[O-])c3OCC(N)=O)C2=O)o1. The molecule has 1 aliphatic rings. The van der Waals surface area contributed by atoms with Crippen LogP contribution in [0, 0.1) is 10.1 Å². The lowest BCUT2D eigenvalue weighted by molar-refractivity contribution is -0.385. The van der Waals surface area contributed by atoms with Crippen molar-refractivity contribution in [2.45, 2.75) is 6.54 Å². The maximum atomic E-state index is 12.7. The number of amides is 4. The molecule has 1 aliphatic heterocycles. The van der Waals surface area contributed by atoms with E-state index >= 15 is 0 Å². The molecule has 1 saturated heterocycles. The van der Waals surface area contributed by atoms with Gasteiger partial charge in [-0.25, -0.2) is 9.59 Å². The lowest BCUT2D eigenvalue weighted by atomic mass is 10.1. The molecule has 1 aromatic heterocycles. The number of imide groups is 1. The topological polar surface area (TPSA) is 184 Å². The zero-order chi connectivity index (χ0) is 23.4. The Kier molecular flexibility index (Phi) is 6.19. The van der Waals surface area contributed by atoms with E-state index in [1.54, 1.807) is 0 Å². The maximum absolute atomic E-state index is 12.7. The Labute approximate surface area is 179 Å². The second kappa shape index (κ2) is 8.99. The average Bonchev–Trinajstić information content (AvgIpc) is 3.32. The monoisotopic (exact) mass is 444 g/mol. The molecule has 1 aromatic carbocycles. The minimum atomic E-state index is -0.858. The van der Waals surface area contributed by atoms with Gasteiger partial charge >= 0.3 is 17.7 Å². The molecule has 13 nitrogen and oxygen atoms in total. The van der Waals surface area contributed by atoms with E-state index in [9.17, 15) is 29.3 Å². The van der Waals surface area contributed by atoms with Crippen LogP contribution in [0.2, 0.25) is 0 Å². The van der Waals surface area contributed by atoms with Gasteiger partial charge < -0.3 is 24.9 Å². The molecule has 32 heavy (non-hydrogen) atoms. The Balaban J connectivity index is 1.88. The van der Waals surface area contributed by atoms with E-state index in [0.29, 0.717) is 0 Å². The molecule has 3 N–H and O–H groups in total. The van der Waals surface area contributed by atoms with Crippen molar-refractivity contribution >= 4 is 35.6 Å². The number of benzene rings is 1. The van der Waals surface area contributed by atoms with Crippen LogP contribution in [0.3, 0.4) is 0 Å². The number of urea groups is 1. The van der Waals surface area contributed by atoms with Gasteiger partial charge in [0.2, 0.25) is 11.5 Å². The minimum absolute atomic E-state index is 0.0666. The normalized spacial score (nSPS) is 14.4. The van der Waals surface area contributed by atoms with Crippen LogP contribution < -0.4 is 15.8 Å². The number of hydrogen-bond acceptors (Lipinski definition) is 9. The fourth-order valence-electron chi connectivity index (χ4n) is 2.80. The molecule has 13 heteroatoms. The Morgan fingerprint density at radius 2 is 2.03 bits per heavy atom. The third kappa shape index (κ3) is 4.56. The van der Waals surface area contributed by atoms with Crippen LogP contribution in [0.1, 0.15) is 21.9 Å². The first-order chi connectivity index (χ1) is 15.2. The number of furan rings is 1. The minimum Gasteiger partial charge on any atom is -0.476 e. The number of nitrogens with two attached hydrogens (primary N) is 1. The predicted molar refractivity (Wildman–Crippen MR) is 105 cm³/mol. The molecular formula is C19H16N4O9. The Morgan fingerprint density at radius 3 is 2.69 bits per heavy atom. The lowest BCUT2D eigenvalue weighted by Gasteiger charge is -2.10. The molecule has 0 saturated carbocycles. The van der Waals surface area contributed by atoms with Crippen molar-refractivity contribution < 1.29 is 38.0 Å². The molecule has 4 amide bonds. The Bertz CT molecular complexity index is 1150. The van der Waals surface area contributed by atoms with E-state index < -0.39 is 41.0 Å². The van der Waals surface area contributed by atoms with Crippen molar-refractivity contribution in [1.29, 1.82) is 0 Å². The number of nitro groups is 1. The summed E-state index contributed by atoms with van der Waals surface area (Å²) in [7, 11) is 1.17. The Morgan fingerprint density at radius 1 is 1.28 bits per heavy atom. The molecular weight excluding hydrogens is 428 g/mol. The summed E-state index contributed by atoms with van der Waals surface area (Å²) in [6.45, 7) is -0.909. The quantitative estimate of drug-likeness (QED) is 0.196. The molecule has 0 aliphatic carbocycles. The number of hydrogen-bond donors (Lipinski definition) is 2. The summed E-state index contributed by atoms with van der Waals surface area (Å²) in [5.41, 5.74) is 4.45. The number of carbonyl (C=O) groups excluding carboxylic acids is 4. The number of primary amides is 1. The van der Waals surface area contributed by atoms with Crippen LogP contribution >= 0.6 is 0 Å². The van der Waals surface area contributed by atoms with Gasteiger partial charge in [-0.15, -0.1) is 0 Å². The van der Waals surface area contributed by atoms with E-state index in [1.165, 1.54) is 37.5 Å². The standard InChI is InChI=1S/C19H16N4O9/c1-30-18(26)14-6-5-11(32-14)8-22-17(25)12(21-19(22)27)7-10-3-2-4-13(23(28)29)16(10)31-9-15(20)24/h2-7H,8-9H2,1H3,(H2,20,24)(H,21,27)/b12-7-. The number of ether oxygens (including phenoxy) is 2. The number of para-hydroxylation sites is 1. The number of nitrogens with one attached hydrogen (secondary N) is 1. The summed E-state index contributed by atoms with van der Waals surface area (Å²) < 4.78 is 14.9. The van der Waals surface area contributed by atoms with Gasteiger partial charge in [0.15, 0.2) is 6.61 Å². The zero-order valence-corrected chi connectivity index (χ0v) is 16.5. The van der Waals surface area contributed by atoms with E-state index in [-0.39, 0.29) is 35.1 Å². The molecule has 2 heterocycles. The van der Waals surface area contributed by atoms with Crippen molar-refractivity contribution in [2.24, 2.45) is 5.73 Å². The van der Waals surface area contributed by atoms with Crippen LogP contribution in [-0.4, -0.2) is 47.4 Å². The highest BCUT2D eigenvalue weighted by molar-refractivity contribution is 6.14. The molecule has 2 aromatic rings. The van der Waals surface area contributed by atoms with Crippen molar-refractivity contribution in [1.82, 2.24) is 10.2 Å². The van der Waals surface area contributed by atoms with Crippen molar-refractivity contribution in [2.75, 3.05) is 13.7 Å². The van der Waals surface area contributed by atoms with Crippen molar-refractivity contribution in [3.63, 3.8) is 0 Å². The molecule has 0 radical (unpaired) electrons. The summed E-state index contributed by atoms with van der Waals surface area (Å²) in [4.78, 5) is 58.9. The van der Waals surface area contributed by atoms with Gasteiger partial charge in [-0.1, -0.05) is 12.1 Å². The van der Waals surface area contributed by atoms with Gasteiger partial charge in [-0.05, 0) is 18.2 Å². The number of methoxy groups -OCH3 is 1. The molecule has 0 atom stereocenters. The van der Waals surface area contributed by atoms with Crippen LogP contribution in [0.15, 0.2) is 40.4 Å². The van der Waals surface area contributed by atoms with E-state index in [1.807, 2.05) is 0 Å². The Hall–Kier alpha value is -4.68. The largest absolute Gasteiger partial charge is 0.476 e. The summed E-state index contributed by atoms with van der Waals surface area (Å²) in [6.07, 6.45) is 1.17. The van der Waals surface area contributed by atoms with Crippen LogP contribution in [0.25, 0.3) is 6.08 Å². The third-order valence-corrected chi connectivity index (χ3v) is 4.20. The van der Waals surface area contributed by atoms with Gasteiger partial charge in [-0.2, -0.15) is 0 Å². The highest BCUT2D eigenvalue weighted by atomic mass is 16.6. The van der Waals surface area contributed by atoms with Gasteiger partial charge in [-0.3, -0.25) is 24.6 Å². The first-order valence-electron chi connectivity index (χ1n) is 8.91. The molecule has 0 unspecified atom stereocenters. The van der Waals surface area contributed by atoms with Gasteiger partial charge in [0.05, 0.1) is 18.6 Å². The second-order valence-electron chi connectivity index (χ2n) is 6.34. The fourth-order valence-corrected chi connectivity index (χ4v) is 2.80. The van der Waals surface area contributed by atoms with E-state index in [0.717, 1.165) is 11.0 Å². The van der Waals surface area contributed by atoms with Crippen LogP contribution in [-0.2, 0) is 20.9 Å². The van der Waals surface area contributed by atoms with Gasteiger partial charge in [0.25, 0.3) is 11.8 Å². The van der Waals surface area contributed by atoms with Crippen molar-refractivity contribution in [3.05, 3.63) is 63.2 Å². The number of esters is 1. The highest BCUT2D eigenvalue weighted by Crippen LogP contribution is 2.33. The first kappa shape index (κ1) is 22.0. The summed E-state index contributed by atoms with van der Waals surface area (Å²) in [5, 5.41) is 13.7. The average molecular weight is 444 g/mol. The summed E-state index contributed by atoms with van der Waals surface area (Å²) in [6, 6.07) is 5.86. The van der Waals surface area contributed by atoms with Crippen LogP contribution in [0.4, 0.5) is 10.5 Å². The zero-order valence-electron chi connectivity index (χ0n) is 16.5. The lowest BCUT2D eigenvalue weighted by Crippen LogP contribution is -2.30. The molecule has 3 rings (SSSR count).